The first kappa shape index (κ1) is 11.7. The molecule has 0 unspecified atom stereocenters. The maximum Gasteiger partial charge on any atom is 0.247 e. The van der Waals surface area contributed by atoms with Gasteiger partial charge in [-0.3, -0.25) is 10.3 Å². The van der Waals surface area contributed by atoms with E-state index in [4.69, 9.17) is 0 Å². The minimum absolute atomic E-state index is 0.155. The first-order valence-electron chi connectivity index (χ1n) is 7.37. The van der Waals surface area contributed by atoms with Crippen LogP contribution in [0, 0.1) is 5.92 Å². The molecule has 20 heavy (non-hydrogen) atoms. The standard InChI is InChI=1S/C18H18N2/c1-3-7-14(8-4-1)18(15-9-5-2-6-10-15)13-16(18)17-19-11-12-20-17/h1-10,16H,11-13H2,(H,19,20)/p+1/t16-/m1/s1. The zero-order valence-corrected chi connectivity index (χ0v) is 11.5. The minimum atomic E-state index is 0.155. The average Bonchev–Trinajstić information content (AvgIpc) is 3.06. The Morgan fingerprint density at radius 2 is 1.50 bits per heavy atom. The molecule has 1 aliphatic carbocycles. The van der Waals surface area contributed by atoms with Gasteiger partial charge in [-0.2, -0.15) is 0 Å². The van der Waals surface area contributed by atoms with E-state index in [1.807, 2.05) is 0 Å². The van der Waals surface area contributed by atoms with Gasteiger partial charge in [0.25, 0.3) is 0 Å². The zero-order valence-electron chi connectivity index (χ0n) is 11.5. The molecule has 2 nitrogen and oxygen atoms in total. The van der Waals surface area contributed by atoms with Gasteiger partial charge >= 0.3 is 0 Å². The molecular weight excluding hydrogens is 244 g/mol. The van der Waals surface area contributed by atoms with Crippen molar-refractivity contribution in [2.75, 3.05) is 13.1 Å². The third-order valence-corrected chi connectivity index (χ3v) is 4.64. The fourth-order valence-corrected chi connectivity index (χ4v) is 3.59. The second-order valence-electron chi connectivity index (χ2n) is 5.73. The predicted octanol–water partition coefficient (Wildman–Crippen LogP) is 1.07. The molecule has 2 heteroatoms. The van der Waals surface area contributed by atoms with Crippen LogP contribution in [-0.2, 0) is 5.41 Å². The van der Waals surface area contributed by atoms with Gasteiger partial charge in [0.05, 0.1) is 5.92 Å². The number of nitrogens with one attached hydrogen (secondary N) is 2. The Morgan fingerprint density at radius 3 is 2.00 bits per heavy atom. The summed E-state index contributed by atoms with van der Waals surface area (Å²) in [6, 6.07) is 21.9. The van der Waals surface area contributed by atoms with E-state index >= 15 is 0 Å². The molecule has 4 rings (SSSR count). The van der Waals surface area contributed by atoms with Crippen molar-refractivity contribution in [3.05, 3.63) is 71.8 Å². The summed E-state index contributed by atoms with van der Waals surface area (Å²) in [4.78, 5) is 3.52. The largest absolute Gasteiger partial charge is 0.274 e. The van der Waals surface area contributed by atoms with E-state index in [0.717, 1.165) is 13.1 Å². The van der Waals surface area contributed by atoms with E-state index in [-0.39, 0.29) is 5.41 Å². The summed E-state index contributed by atoms with van der Waals surface area (Å²) in [6.07, 6.45) is 1.19. The van der Waals surface area contributed by atoms with Crippen molar-refractivity contribution in [3.8, 4) is 0 Å². The van der Waals surface area contributed by atoms with Gasteiger partial charge in [0.1, 0.15) is 13.1 Å². The summed E-state index contributed by atoms with van der Waals surface area (Å²) >= 11 is 0. The highest BCUT2D eigenvalue weighted by Crippen LogP contribution is 2.58. The summed E-state index contributed by atoms with van der Waals surface area (Å²) in [6.45, 7) is 2.09. The van der Waals surface area contributed by atoms with Crippen LogP contribution in [-0.4, -0.2) is 18.9 Å². The molecule has 1 aliphatic heterocycles. The van der Waals surface area contributed by atoms with E-state index in [9.17, 15) is 0 Å². The van der Waals surface area contributed by atoms with Crippen molar-refractivity contribution >= 4 is 5.84 Å². The summed E-state index contributed by atoms with van der Waals surface area (Å²) in [5, 5.41) is 3.52. The van der Waals surface area contributed by atoms with Gasteiger partial charge in [-0.25, -0.2) is 0 Å². The lowest BCUT2D eigenvalue weighted by atomic mass is 9.85. The lowest BCUT2D eigenvalue weighted by Crippen LogP contribution is -2.71. The normalized spacial score (nSPS) is 23.0. The van der Waals surface area contributed by atoms with Crippen molar-refractivity contribution in [3.63, 3.8) is 0 Å². The molecule has 2 aromatic rings. The van der Waals surface area contributed by atoms with Crippen molar-refractivity contribution in [2.45, 2.75) is 11.8 Å². The molecular formula is C18H19N2+. The Labute approximate surface area is 119 Å². The molecule has 0 spiro atoms. The minimum Gasteiger partial charge on any atom is -0.274 e. The van der Waals surface area contributed by atoms with Crippen LogP contribution in [0.2, 0.25) is 0 Å². The summed E-state index contributed by atoms with van der Waals surface area (Å²) < 4.78 is 0. The van der Waals surface area contributed by atoms with Crippen LogP contribution in [0.25, 0.3) is 0 Å². The van der Waals surface area contributed by atoms with E-state index in [2.05, 4.69) is 71.0 Å². The Balaban J connectivity index is 1.80. The number of hydrogen-bond acceptors (Lipinski definition) is 1. The third-order valence-electron chi connectivity index (χ3n) is 4.64. The molecule has 1 fully saturated rings. The summed E-state index contributed by atoms with van der Waals surface area (Å²) in [5.74, 6) is 1.90. The van der Waals surface area contributed by atoms with E-state index in [0.29, 0.717) is 5.92 Å². The molecule has 2 aromatic carbocycles. The molecule has 1 saturated carbocycles. The first-order valence-corrected chi connectivity index (χ1v) is 7.37. The van der Waals surface area contributed by atoms with Crippen LogP contribution in [0.15, 0.2) is 60.7 Å². The van der Waals surface area contributed by atoms with Gasteiger partial charge in [0.15, 0.2) is 0 Å². The topological polar surface area (TPSA) is 26.0 Å². The molecule has 0 bridgehead atoms. The fraction of sp³-hybridized carbons (Fsp3) is 0.278. The van der Waals surface area contributed by atoms with Crippen LogP contribution in [0.3, 0.4) is 0 Å². The lowest BCUT2D eigenvalue weighted by molar-refractivity contribution is -0.446. The molecule has 1 atom stereocenters. The number of amidine groups is 1. The molecule has 0 amide bonds. The smallest absolute Gasteiger partial charge is 0.247 e. The Bertz CT molecular complexity index is 591. The van der Waals surface area contributed by atoms with Gasteiger partial charge in [0, 0.05) is 5.41 Å². The SMILES string of the molecule is c1ccc(C2(c3ccccc3)C[C@@H]2C2=[NH+]CCN2)cc1. The molecule has 0 saturated heterocycles. The molecule has 2 aliphatic rings. The fourth-order valence-electron chi connectivity index (χ4n) is 3.59. The Kier molecular flexibility index (Phi) is 2.62. The molecule has 0 aromatic heterocycles. The summed E-state index contributed by atoms with van der Waals surface area (Å²) in [7, 11) is 0. The van der Waals surface area contributed by atoms with Crippen molar-refractivity contribution in [1.82, 2.24) is 5.32 Å². The third kappa shape index (κ3) is 1.68. The molecule has 2 N–H and O–H groups in total. The van der Waals surface area contributed by atoms with E-state index < -0.39 is 0 Å². The van der Waals surface area contributed by atoms with Gasteiger partial charge in [-0.1, -0.05) is 60.7 Å². The van der Waals surface area contributed by atoms with Crippen LogP contribution in [0.4, 0.5) is 0 Å². The van der Waals surface area contributed by atoms with Crippen LogP contribution < -0.4 is 10.3 Å². The zero-order chi connectivity index (χ0) is 13.4. The molecule has 100 valence electrons. The van der Waals surface area contributed by atoms with E-state index in [1.165, 1.54) is 23.4 Å². The Morgan fingerprint density at radius 1 is 0.900 bits per heavy atom. The average molecular weight is 263 g/mol. The lowest BCUT2D eigenvalue weighted by Gasteiger charge is -2.18. The van der Waals surface area contributed by atoms with Crippen LogP contribution >= 0.6 is 0 Å². The maximum absolute atomic E-state index is 3.52. The van der Waals surface area contributed by atoms with Crippen molar-refractivity contribution in [1.29, 1.82) is 0 Å². The van der Waals surface area contributed by atoms with Crippen molar-refractivity contribution < 1.29 is 4.99 Å². The van der Waals surface area contributed by atoms with Crippen molar-refractivity contribution in [2.24, 2.45) is 5.92 Å². The predicted molar refractivity (Wildman–Crippen MR) is 80.6 cm³/mol. The maximum atomic E-state index is 3.52. The van der Waals surface area contributed by atoms with E-state index in [1.54, 1.807) is 0 Å². The second-order valence-corrected chi connectivity index (χ2v) is 5.73. The second kappa shape index (κ2) is 4.48. The van der Waals surface area contributed by atoms with Gasteiger partial charge in [-0.15, -0.1) is 0 Å². The molecule has 1 heterocycles. The van der Waals surface area contributed by atoms with Crippen LogP contribution in [0.1, 0.15) is 17.5 Å². The quantitative estimate of drug-likeness (QED) is 0.851. The van der Waals surface area contributed by atoms with Crippen LogP contribution in [0.5, 0.6) is 0 Å². The van der Waals surface area contributed by atoms with Gasteiger partial charge in [0.2, 0.25) is 5.84 Å². The van der Waals surface area contributed by atoms with Gasteiger partial charge < -0.3 is 0 Å². The van der Waals surface area contributed by atoms with Gasteiger partial charge in [-0.05, 0) is 17.5 Å². The number of benzene rings is 2. The first-order chi connectivity index (χ1) is 9.91. The number of hydrogen-bond donors (Lipinski definition) is 2. The summed E-state index contributed by atoms with van der Waals surface area (Å²) in [5.41, 5.74) is 3.01. The molecule has 0 radical (unpaired) electrons. The Hall–Kier alpha value is -2.09. The monoisotopic (exact) mass is 263 g/mol. The highest BCUT2D eigenvalue weighted by molar-refractivity contribution is 5.86. The highest BCUT2D eigenvalue weighted by atomic mass is 15.1. The number of rotatable bonds is 3. The highest BCUT2D eigenvalue weighted by Gasteiger charge is 2.61.